The van der Waals surface area contributed by atoms with E-state index in [0.29, 0.717) is 4.73 Å². The number of hydrogen-bond donors (Lipinski definition) is 2. The fourth-order valence-electron chi connectivity index (χ4n) is 2.14. The predicted octanol–water partition coefficient (Wildman–Crippen LogP) is 2.78. The van der Waals surface area contributed by atoms with Crippen molar-refractivity contribution in [2.24, 2.45) is 0 Å². The average Bonchev–Trinajstić information content (AvgIpc) is 2.94. The second kappa shape index (κ2) is 7.76. The van der Waals surface area contributed by atoms with Gasteiger partial charge in [-0.25, -0.2) is 9.78 Å². The Morgan fingerprint density at radius 2 is 1.68 bits per heavy atom. The minimum absolute atomic E-state index is 0.0325. The van der Waals surface area contributed by atoms with Gasteiger partial charge in [0.2, 0.25) is 11.8 Å². The van der Waals surface area contributed by atoms with Crippen LogP contribution in [-0.2, 0) is 17.0 Å². The number of nitrogens with zero attached hydrogens (tertiary/aromatic N) is 2. The molecule has 0 saturated heterocycles. The summed E-state index contributed by atoms with van der Waals surface area (Å²) in [6.07, 6.45) is 1.79. The summed E-state index contributed by atoms with van der Waals surface area (Å²) >= 11 is 1.64. The topological polar surface area (TPSA) is 84.6 Å². The van der Waals surface area contributed by atoms with Crippen LogP contribution in [0.25, 0.3) is 0 Å². The van der Waals surface area contributed by atoms with Gasteiger partial charge in [0.1, 0.15) is 0 Å². The van der Waals surface area contributed by atoms with E-state index in [-0.39, 0.29) is 18.2 Å². The fourth-order valence-corrected chi connectivity index (χ4v) is 2.96. The van der Waals surface area contributed by atoms with E-state index in [9.17, 15) is 15.0 Å². The quantitative estimate of drug-likeness (QED) is 0.661. The smallest absolute Gasteiger partial charge is 0.337 e. The maximum atomic E-state index is 11.9. The van der Waals surface area contributed by atoms with Gasteiger partial charge in [-0.1, -0.05) is 30.3 Å². The van der Waals surface area contributed by atoms with Crippen LogP contribution in [0.5, 0.6) is 11.8 Å². The molecule has 3 rings (SSSR count). The van der Waals surface area contributed by atoms with Crippen LogP contribution in [0.4, 0.5) is 0 Å². The van der Waals surface area contributed by atoms with E-state index in [0.717, 1.165) is 21.9 Å². The molecule has 7 heteroatoms. The van der Waals surface area contributed by atoms with Crippen LogP contribution in [-0.4, -0.2) is 25.9 Å². The van der Waals surface area contributed by atoms with Gasteiger partial charge < -0.3 is 15.1 Å². The molecule has 2 aromatic heterocycles. The van der Waals surface area contributed by atoms with Crippen molar-refractivity contribution in [1.29, 1.82) is 0 Å². The number of rotatable bonds is 6. The Balaban J connectivity index is 1.54. The fraction of sp³-hybridized carbons (Fsp3) is 0.111. The summed E-state index contributed by atoms with van der Waals surface area (Å²) in [7, 11) is 0. The maximum absolute atomic E-state index is 11.9. The lowest BCUT2D eigenvalue weighted by molar-refractivity contribution is -0.144. The third-order valence-electron chi connectivity index (χ3n) is 3.39. The summed E-state index contributed by atoms with van der Waals surface area (Å²) in [6.45, 7) is 0. The van der Waals surface area contributed by atoms with Gasteiger partial charge in [-0.3, -0.25) is 0 Å². The zero-order chi connectivity index (χ0) is 17.6. The van der Waals surface area contributed by atoms with E-state index in [1.807, 2.05) is 42.5 Å². The molecule has 0 spiro atoms. The van der Waals surface area contributed by atoms with E-state index < -0.39 is 5.97 Å². The van der Waals surface area contributed by atoms with Crippen molar-refractivity contribution in [1.82, 2.24) is 9.71 Å². The van der Waals surface area contributed by atoms with Gasteiger partial charge >= 0.3 is 5.97 Å². The van der Waals surface area contributed by atoms with Crippen molar-refractivity contribution in [3.8, 4) is 11.8 Å². The van der Waals surface area contributed by atoms with Crippen molar-refractivity contribution < 1.29 is 19.8 Å². The molecular weight excluding hydrogens is 340 g/mol. The Bertz CT molecular complexity index is 828. The molecule has 2 N–H and O–H groups in total. The van der Waals surface area contributed by atoms with Crippen LogP contribution in [0, 0.1) is 0 Å². The zero-order valence-electron chi connectivity index (χ0n) is 13.2. The van der Waals surface area contributed by atoms with Crippen LogP contribution >= 0.6 is 11.8 Å². The van der Waals surface area contributed by atoms with Gasteiger partial charge in [-0.15, -0.1) is 16.5 Å². The molecular formula is C18H16N2O4S. The molecule has 0 aliphatic heterocycles. The normalized spacial score (nSPS) is 10.6. The molecule has 3 aromatic rings. The molecule has 0 aliphatic carbocycles. The first-order chi connectivity index (χ1) is 12.1. The Morgan fingerprint density at radius 3 is 2.32 bits per heavy atom. The van der Waals surface area contributed by atoms with Gasteiger partial charge in [0.05, 0.1) is 11.4 Å². The van der Waals surface area contributed by atoms with Crippen molar-refractivity contribution in [2.75, 3.05) is 0 Å². The number of pyridine rings is 1. The van der Waals surface area contributed by atoms with E-state index in [1.54, 1.807) is 18.0 Å². The molecule has 0 amide bonds. The molecule has 0 unspecified atom stereocenters. The van der Waals surface area contributed by atoms with E-state index in [2.05, 4.69) is 4.98 Å². The van der Waals surface area contributed by atoms with Crippen molar-refractivity contribution in [3.63, 3.8) is 0 Å². The highest BCUT2D eigenvalue weighted by molar-refractivity contribution is 7.98. The predicted molar refractivity (Wildman–Crippen MR) is 93.3 cm³/mol. The Hall–Kier alpha value is -2.93. The van der Waals surface area contributed by atoms with Crippen molar-refractivity contribution in [2.45, 2.75) is 17.2 Å². The third-order valence-corrected chi connectivity index (χ3v) is 4.40. The SMILES string of the molecule is O=C(Cc1ccc(CSc2ccccn2)cc1)On1c(O)ccc1O. The number of carbonyl (C=O) groups excluding carboxylic acids is 1. The number of aromatic nitrogens is 2. The number of carbonyl (C=O) groups is 1. The lowest BCUT2D eigenvalue weighted by atomic mass is 10.1. The zero-order valence-corrected chi connectivity index (χ0v) is 14.0. The van der Waals surface area contributed by atoms with Crippen LogP contribution in [0.3, 0.4) is 0 Å². The standard InChI is InChI=1S/C18H16N2O4S/c21-16-8-9-17(22)20(16)24-18(23)11-13-4-6-14(7-5-13)12-25-15-3-1-2-10-19-15/h1-10,21-22H,11-12H2. The summed E-state index contributed by atoms with van der Waals surface area (Å²) in [6, 6.07) is 15.9. The molecule has 2 heterocycles. The molecule has 0 fully saturated rings. The summed E-state index contributed by atoms with van der Waals surface area (Å²) < 4.78 is 0.681. The van der Waals surface area contributed by atoms with Gasteiger partial charge in [-0.05, 0) is 23.3 Å². The second-order valence-corrected chi connectivity index (χ2v) is 6.25. The van der Waals surface area contributed by atoms with E-state index >= 15 is 0 Å². The van der Waals surface area contributed by atoms with Crippen molar-refractivity contribution in [3.05, 3.63) is 71.9 Å². The Morgan fingerprint density at radius 1 is 1.00 bits per heavy atom. The maximum Gasteiger partial charge on any atom is 0.337 e. The molecule has 0 saturated carbocycles. The summed E-state index contributed by atoms with van der Waals surface area (Å²) in [4.78, 5) is 21.1. The molecule has 0 atom stereocenters. The molecule has 0 aliphatic rings. The van der Waals surface area contributed by atoms with Gasteiger partial charge in [0.25, 0.3) is 0 Å². The molecule has 25 heavy (non-hydrogen) atoms. The van der Waals surface area contributed by atoms with Gasteiger partial charge in [0.15, 0.2) is 0 Å². The highest BCUT2D eigenvalue weighted by Gasteiger charge is 2.12. The summed E-state index contributed by atoms with van der Waals surface area (Å²) in [5.41, 5.74) is 1.90. The molecule has 1 aromatic carbocycles. The van der Waals surface area contributed by atoms with Crippen LogP contribution in [0.1, 0.15) is 11.1 Å². The van der Waals surface area contributed by atoms with Crippen molar-refractivity contribution >= 4 is 17.7 Å². The highest BCUT2D eigenvalue weighted by atomic mass is 32.2. The van der Waals surface area contributed by atoms with E-state index in [4.69, 9.17) is 4.84 Å². The van der Waals surface area contributed by atoms with E-state index in [1.165, 1.54) is 12.1 Å². The van der Waals surface area contributed by atoms with Gasteiger partial charge in [-0.2, -0.15) is 0 Å². The Kier molecular flexibility index (Phi) is 5.25. The van der Waals surface area contributed by atoms with Crippen LogP contribution in [0.15, 0.2) is 65.8 Å². The summed E-state index contributed by atoms with van der Waals surface area (Å²) in [5.74, 6) is -0.481. The first-order valence-corrected chi connectivity index (χ1v) is 8.53. The molecule has 128 valence electrons. The molecule has 6 nitrogen and oxygen atoms in total. The lowest BCUT2D eigenvalue weighted by Gasteiger charge is -2.07. The first-order valence-electron chi connectivity index (χ1n) is 7.54. The van der Waals surface area contributed by atoms with Gasteiger partial charge in [0, 0.05) is 24.1 Å². The first kappa shape index (κ1) is 16.9. The minimum atomic E-state index is -0.586. The summed E-state index contributed by atoms with van der Waals surface area (Å²) in [5, 5.41) is 19.9. The second-order valence-electron chi connectivity index (χ2n) is 5.26. The molecule has 0 bridgehead atoms. The van der Waals surface area contributed by atoms with Crippen LogP contribution in [0.2, 0.25) is 0 Å². The molecule has 0 radical (unpaired) electrons. The number of thioether (sulfide) groups is 1. The number of hydrogen-bond acceptors (Lipinski definition) is 6. The number of benzene rings is 1. The Labute approximate surface area is 148 Å². The minimum Gasteiger partial charge on any atom is -0.492 e. The van der Waals surface area contributed by atoms with Crippen LogP contribution < -0.4 is 4.84 Å². The highest BCUT2D eigenvalue weighted by Crippen LogP contribution is 2.21. The monoisotopic (exact) mass is 356 g/mol. The third kappa shape index (κ3) is 4.54. The number of aromatic hydroxyl groups is 2. The lowest BCUT2D eigenvalue weighted by Crippen LogP contribution is -2.20. The largest absolute Gasteiger partial charge is 0.492 e. The average molecular weight is 356 g/mol.